The molecule has 0 bridgehead atoms. The SMILES string of the molecule is N#CCc1cc(Br)c(F)cc1O. The second-order valence-electron chi connectivity index (χ2n) is 2.23. The van der Waals surface area contributed by atoms with Gasteiger partial charge in [-0.1, -0.05) is 0 Å². The van der Waals surface area contributed by atoms with Gasteiger partial charge in [-0.2, -0.15) is 5.26 Å². The van der Waals surface area contributed by atoms with Crippen LogP contribution in [0, 0.1) is 17.1 Å². The minimum Gasteiger partial charge on any atom is -0.508 e. The maximum Gasteiger partial charge on any atom is 0.141 e. The highest BCUT2D eigenvalue weighted by Gasteiger charge is 2.06. The quantitative estimate of drug-likeness (QED) is 0.804. The molecule has 0 radical (unpaired) electrons. The molecule has 0 atom stereocenters. The highest BCUT2D eigenvalue weighted by molar-refractivity contribution is 9.10. The Labute approximate surface area is 77.4 Å². The number of hydrogen-bond acceptors (Lipinski definition) is 2. The minimum absolute atomic E-state index is 0.0741. The summed E-state index contributed by atoms with van der Waals surface area (Å²) in [6.45, 7) is 0. The molecule has 1 aromatic carbocycles. The van der Waals surface area contributed by atoms with E-state index in [4.69, 9.17) is 10.4 Å². The van der Waals surface area contributed by atoms with Crippen LogP contribution in [0.3, 0.4) is 0 Å². The van der Waals surface area contributed by atoms with Crippen molar-refractivity contribution in [3.63, 3.8) is 0 Å². The van der Waals surface area contributed by atoms with Crippen molar-refractivity contribution in [1.29, 1.82) is 5.26 Å². The number of aromatic hydroxyl groups is 1. The van der Waals surface area contributed by atoms with Crippen molar-refractivity contribution in [3.05, 3.63) is 28.0 Å². The van der Waals surface area contributed by atoms with Crippen LogP contribution in [0.1, 0.15) is 5.56 Å². The van der Waals surface area contributed by atoms with E-state index < -0.39 is 5.82 Å². The van der Waals surface area contributed by atoms with Crippen molar-refractivity contribution < 1.29 is 9.50 Å². The normalized spacial score (nSPS) is 9.42. The summed E-state index contributed by atoms with van der Waals surface area (Å²) in [5.41, 5.74) is 0.422. The second kappa shape index (κ2) is 3.55. The van der Waals surface area contributed by atoms with Crippen LogP contribution in [0.4, 0.5) is 4.39 Å². The summed E-state index contributed by atoms with van der Waals surface area (Å²) in [4.78, 5) is 0. The van der Waals surface area contributed by atoms with Gasteiger partial charge in [-0.3, -0.25) is 0 Å². The van der Waals surface area contributed by atoms with E-state index in [0.717, 1.165) is 6.07 Å². The first-order valence-corrected chi connectivity index (χ1v) is 3.98. The molecule has 1 aromatic rings. The molecule has 12 heavy (non-hydrogen) atoms. The van der Waals surface area contributed by atoms with E-state index in [-0.39, 0.29) is 16.6 Å². The van der Waals surface area contributed by atoms with Gasteiger partial charge in [-0.15, -0.1) is 0 Å². The van der Waals surface area contributed by atoms with Gasteiger partial charge in [0.2, 0.25) is 0 Å². The summed E-state index contributed by atoms with van der Waals surface area (Å²) >= 11 is 2.95. The Morgan fingerprint density at radius 1 is 1.58 bits per heavy atom. The number of nitriles is 1. The van der Waals surface area contributed by atoms with E-state index in [9.17, 15) is 4.39 Å². The molecule has 1 rings (SSSR count). The van der Waals surface area contributed by atoms with Crippen LogP contribution in [-0.2, 0) is 6.42 Å². The summed E-state index contributed by atoms with van der Waals surface area (Å²) in [6.07, 6.45) is 0.0741. The average Bonchev–Trinajstić information content (AvgIpc) is 2.01. The highest BCUT2D eigenvalue weighted by atomic mass is 79.9. The standard InChI is InChI=1S/C8H5BrFNO/c9-6-3-5(1-2-11)8(12)4-7(6)10/h3-4,12H,1H2. The third-order valence-corrected chi connectivity index (χ3v) is 2.00. The first-order valence-electron chi connectivity index (χ1n) is 3.19. The lowest BCUT2D eigenvalue weighted by atomic mass is 10.1. The van der Waals surface area contributed by atoms with Crippen molar-refractivity contribution in [3.8, 4) is 11.8 Å². The summed E-state index contributed by atoms with van der Waals surface area (Å²) in [5.74, 6) is -0.716. The number of benzene rings is 1. The Morgan fingerprint density at radius 2 is 2.25 bits per heavy atom. The van der Waals surface area contributed by atoms with E-state index in [1.165, 1.54) is 6.07 Å². The van der Waals surface area contributed by atoms with Gasteiger partial charge in [0.05, 0.1) is 17.0 Å². The molecule has 0 aliphatic heterocycles. The smallest absolute Gasteiger partial charge is 0.141 e. The molecule has 0 aliphatic rings. The highest BCUT2D eigenvalue weighted by Crippen LogP contribution is 2.25. The summed E-state index contributed by atoms with van der Waals surface area (Å²) in [5, 5.41) is 17.5. The molecule has 2 nitrogen and oxygen atoms in total. The Morgan fingerprint density at radius 3 is 2.83 bits per heavy atom. The molecule has 0 unspecified atom stereocenters. The zero-order chi connectivity index (χ0) is 9.14. The van der Waals surface area contributed by atoms with Crippen molar-refractivity contribution >= 4 is 15.9 Å². The fraction of sp³-hybridized carbons (Fsp3) is 0.125. The third-order valence-electron chi connectivity index (χ3n) is 1.39. The van der Waals surface area contributed by atoms with Crippen molar-refractivity contribution in [2.24, 2.45) is 0 Å². The third kappa shape index (κ3) is 1.74. The Hall–Kier alpha value is -1.08. The number of phenolic OH excluding ortho intramolecular Hbond substituents is 1. The van der Waals surface area contributed by atoms with E-state index in [0.29, 0.717) is 5.56 Å². The van der Waals surface area contributed by atoms with Crippen LogP contribution >= 0.6 is 15.9 Å². The molecular weight excluding hydrogens is 225 g/mol. The number of halogens is 2. The largest absolute Gasteiger partial charge is 0.508 e. The van der Waals surface area contributed by atoms with Crippen molar-refractivity contribution in [1.82, 2.24) is 0 Å². The van der Waals surface area contributed by atoms with Crippen LogP contribution in [0.25, 0.3) is 0 Å². The van der Waals surface area contributed by atoms with Crippen molar-refractivity contribution in [2.75, 3.05) is 0 Å². The molecule has 1 N–H and O–H groups in total. The van der Waals surface area contributed by atoms with E-state index in [2.05, 4.69) is 15.9 Å². The molecule has 0 saturated carbocycles. The molecule has 0 amide bonds. The second-order valence-corrected chi connectivity index (χ2v) is 3.08. The maximum absolute atomic E-state index is 12.7. The zero-order valence-corrected chi connectivity index (χ0v) is 7.60. The molecule has 0 aromatic heterocycles. The average molecular weight is 230 g/mol. The summed E-state index contributed by atoms with van der Waals surface area (Å²) < 4.78 is 13.0. The lowest BCUT2D eigenvalue weighted by molar-refractivity contribution is 0.463. The van der Waals surface area contributed by atoms with Gasteiger partial charge >= 0.3 is 0 Å². The van der Waals surface area contributed by atoms with Gasteiger partial charge in [0, 0.05) is 11.6 Å². The van der Waals surface area contributed by atoms with Crippen molar-refractivity contribution in [2.45, 2.75) is 6.42 Å². The van der Waals surface area contributed by atoms with Gasteiger partial charge < -0.3 is 5.11 Å². The van der Waals surface area contributed by atoms with E-state index >= 15 is 0 Å². The Balaban J connectivity index is 3.16. The first-order chi connectivity index (χ1) is 5.65. The fourth-order valence-corrected chi connectivity index (χ4v) is 1.20. The Bertz CT molecular complexity index is 346. The maximum atomic E-state index is 12.7. The van der Waals surface area contributed by atoms with Gasteiger partial charge in [0.25, 0.3) is 0 Å². The molecule has 4 heteroatoms. The Kier molecular flexibility index (Phi) is 2.66. The monoisotopic (exact) mass is 229 g/mol. The number of nitrogens with zero attached hydrogens (tertiary/aromatic N) is 1. The van der Waals surface area contributed by atoms with Crippen LogP contribution in [0.5, 0.6) is 5.75 Å². The van der Waals surface area contributed by atoms with Crippen LogP contribution in [0.15, 0.2) is 16.6 Å². The molecule has 62 valence electrons. The number of phenols is 1. The lowest BCUT2D eigenvalue weighted by Gasteiger charge is -2.01. The zero-order valence-electron chi connectivity index (χ0n) is 6.01. The van der Waals surface area contributed by atoms with E-state index in [1.54, 1.807) is 0 Å². The summed E-state index contributed by atoms with van der Waals surface area (Å²) in [6, 6.07) is 4.25. The molecule has 0 heterocycles. The van der Waals surface area contributed by atoms with Gasteiger partial charge in [-0.05, 0) is 22.0 Å². The van der Waals surface area contributed by atoms with Gasteiger partial charge in [0.1, 0.15) is 11.6 Å². The van der Waals surface area contributed by atoms with Crippen LogP contribution in [0.2, 0.25) is 0 Å². The minimum atomic E-state index is -0.533. The topological polar surface area (TPSA) is 44.0 Å². The van der Waals surface area contributed by atoms with Crippen LogP contribution in [-0.4, -0.2) is 5.11 Å². The molecule has 0 fully saturated rings. The first kappa shape index (κ1) is 9.01. The molecule has 0 saturated heterocycles. The number of rotatable bonds is 1. The van der Waals surface area contributed by atoms with Gasteiger partial charge in [-0.25, -0.2) is 4.39 Å². The predicted octanol–water partition coefficient (Wildman–Crippen LogP) is 2.36. The molecular formula is C8H5BrFNO. The number of hydrogen-bond donors (Lipinski definition) is 1. The predicted molar refractivity (Wildman–Crippen MR) is 45.1 cm³/mol. The van der Waals surface area contributed by atoms with Gasteiger partial charge in [0.15, 0.2) is 0 Å². The molecule has 0 spiro atoms. The van der Waals surface area contributed by atoms with Crippen LogP contribution < -0.4 is 0 Å². The lowest BCUT2D eigenvalue weighted by Crippen LogP contribution is -1.86. The molecule has 0 aliphatic carbocycles. The van der Waals surface area contributed by atoms with E-state index in [1.807, 2.05) is 6.07 Å². The summed E-state index contributed by atoms with van der Waals surface area (Å²) in [7, 11) is 0. The fourth-order valence-electron chi connectivity index (χ4n) is 0.804.